The second-order valence-corrected chi connectivity index (χ2v) is 3.37. The van der Waals surface area contributed by atoms with Crippen LogP contribution in [0.3, 0.4) is 0 Å². The maximum absolute atomic E-state index is 12.6. The Morgan fingerprint density at radius 1 is 1.00 bits per heavy atom. The van der Waals surface area contributed by atoms with E-state index in [-0.39, 0.29) is 6.67 Å². The lowest BCUT2D eigenvalue weighted by Gasteiger charge is -2.11. The highest BCUT2D eigenvalue weighted by molar-refractivity contribution is 5.43. The lowest BCUT2D eigenvalue weighted by atomic mass is 9.95. The largest absolute Gasteiger partial charge is 0.246 e. The van der Waals surface area contributed by atoms with Gasteiger partial charge in [-0.2, -0.15) is 0 Å². The maximum atomic E-state index is 12.6. The van der Waals surface area contributed by atoms with Crippen molar-refractivity contribution in [2.24, 2.45) is 0 Å². The molecule has 1 rings (SSSR count). The minimum atomic E-state index is -0.347. The first kappa shape index (κ1) is 9.24. The molecule has 0 atom stereocenters. The molecule has 0 saturated carbocycles. The van der Waals surface area contributed by atoms with Crippen LogP contribution in [-0.4, -0.2) is 0 Å². The van der Waals surface area contributed by atoms with Crippen molar-refractivity contribution in [1.29, 1.82) is 0 Å². The van der Waals surface area contributed by atoms with Crippen LogP contribution >= 0.6 is 0 Å². The third-order valence-electron chi connectivity index (χ3n) is 2.65. The Morgan fingerprint density at radius 3 is 1.75 bits per heavy atom. The molecule has 0 radical (unpaired) electrons. The summed E-state index contributed by atoms with van der Waals surface area (Å²) in [6, 6.07) is 2.11. The molecule has 66 valence electrons. The van der Waals surface area contributed by atoms with E-state index in [0.717, 1.165) is 16.7 Å². The Balaban J connectivity index is 3.42. The molecule has 1 aromatic rings. The summed E-state index contributed by atoms with van der Waals surface area (Å²) in [5, 5.41) is 0. The van der Waals surface area contributed by atoms with Crippen molar-refractivity contribution >= 4 is 0 Å². The van der Waals surface area contributed by atoms with E-state index in [9.17, 15) is 4.39 Å². The molecule has 1 heteroatoms. The van der Waals surface area contributed by atoms with Gasteiger partial charge in [-0.3, -0.25) is 0 Å². The van der Waals surface area contributed by atoms with Gasteiger partial charge < -0.3 is 0 Å². The van der Waals surface area contributed by atoms with Crippen molar-refractivity contribution in [2.75, 3.05) is 0 Å². The highest BCUT2D eigenvalue weighted by Crippen LogP contribution is 2.21. The van der Waals surface area contributed by atoms with Crippen molar-refractivity contribution in [3.8, 4) is 0 Å². The van der Waals surface area contributed by atoms with Crippen molar-refractivity contribution < 1.29 is 4.39 Å². The standard InChI is InChI=1S/C11H15F/c1-7-5-8(2)10(4)11(6-12)9(7)3/h5H,6H2,1-4H3. The van der Waals surface area contributed by atoms with Crippen molar-refractivity contribution in [1.82, 2.24) is 0 Å². The minimum Gasteiger partial charge on any atom is -0.246 e. The highest BCUT2D eigenvalue weighted by Gasteiger charge is 2.06. The summed E-state index contributed by atoms with van der Waals surface area (Å²) in [7, 11) is 0. The summed E-state index contributed by atoms with van der Waals surface area (Å²) in [6.07, 6.45) is 0. The van der Waals surface area contributed by atoms with Gasteiger partial charge in [0.1, 0.15) is 6.67 Å². The molecule has 0 aliphatic rings. The van der Waals surface area contributed by atoms with Crippen LogP contribution in [0.4, 0.5) is 4.39 Å². The number of benzene rings is 1. The number of aryl methyl sites for hydroxylation is 2. The molecule has 0 heterocycles. The average molecular weight is 166 g/mol. The van der Waals surface area contributed by atoms with E-state index in [4.69, 9.17) is 0 Å². The van der Waals surface area contributed by atoms with Crippen LogP contribution in [0, 0.1) is 27.7 Å². The van der Waals surface area contributed by atoms with Crippen LogP contribution in [0.15, 0.2) is 6.07 Å². The first-order chi connectivity index (χ1) is 5.57. The fraction of sp³-hybridized carbons (Fsp3) is 0.455. The second kappa shape index (κ2) is 3.26. The van der Waals surface area contributed by atoms with Gasteiger partial charge in [0.15, 0.2) is 0 Å². The third-order valence-corrected chi connectivity index (χ3v) is 2.65. The minimum absolute atomic E-state index is 0.347. The van der Waals surface area contributed by atoms with Crippen molar-refractivity contribution in [3.05, 3.63) is 33.9 Å². The van der Waals surface area contributed by atoms with Gasteiger partial charge in [-0.05, 0) is 55.5 Å². The predicted molar refractivity (Wildman–Crippen MR) is 50.2 cm³/mol. The van der Waals surface area contributed by atoms with Gasteiger partial charge >= 0.3 is 0 Å². The molecule has 0 unspecified atom stereocenters. The SMILES string of the molecule is Cc1cc(C)c(C)c(CF)c1C. The quantitative estimate of drug-likeness (QED) is 0.600. The summed E-state index contributed by atoms with van der Waals surface area (Å²) in [5.74, 6) is 0. The first-order valence-electron chi connectivity index (χ1n) is 4.20. The molecule has 0 nitrogen and oxygen atoms in total. The molecule has 0 N–H and O–H groups in total. The van der Waals surface area contributed by atoms with Crippen LogP contribution in [0.1, 0.15) is 27.8 Å². The van der Waals surface area contributed by atoms with Crippen LogP contribution < -0.4 is 0 Å². The van der Waals surface area contributed by atoms with Gasteiger partial charge in [-0.25, -0.2) is 4.39 Å². The van der Waals surface area contributed by atoms with Gasteiger partial charge in [-0.1, -0.05) is 6.07 Å². The Kier molecular flexibility index (Phi) is 2.51. The zero-order valence-corrected chi connectivity index (χ0v) is 8.16. The fourth-order valence-corrected chi connectivity index (χ4v) is 1.50. The van der Waals surface area contributed by atoms with E-state index < -0.39 is 0 Å². The van der Waals surface area contributed by atoms with Crippen LogP contribution in [0.5, 0.6) is 0 Å². The highest BCUT2D eigenvalue weighted by atomic mass is 19.1. The van der Waals surface area contributed by atoms with Gasteiger partial charge in [0, 0.05) is 0 Å². The summed E-state index contributed by atoms with van der Waals surface area (Å²) < 4.78 is 12.6. The number of hydrogen-bond acceptors (Lipinski definition) is 0. The number of hydrogen-bond donors (Lipinski definition) is 0. The van der Waals surface area contributed by atoms with Gasteiger partial charge in [0.2, 0.25) is 0 Å². The number of rotatable bonds is 1. The van der Waals surface area contributed by atoms with Gasteiger partial charge in [-0.15, -0.1) is 0 Å². The first-order valence-corrected chi connectivity index (χ1v) is 4.20. The second-order valence-electron chi connectivity index (χ2n) is 3.37. The van der Waals surface area contributed by atoms with Crippen LogP contribution in [0.25, 0.3) is 0 Å². The molecule has 0 bridgehead atoms. The molecule has 0 aliphatic heterocycles. The monoisotopic (exact) mass is 166 g/mol. The van der Waals surface area contributed by atoms with Gasteiger partial charge in [0.25, 0.3) is 0 Å². The smallest absolute Gasteiger partial charge is 0.115 e. The molecular weight excluding hydrogens is 151 g/mol. The normalized spacial score (nSPS) is 10.4. The summed E-state index contributed by atoms with van der Waals surface area (Å²) in [4.78, 5) is 0. The fourth-order valence-electron chi connectivity index (χ4n) is 1.50. The molecule has 0 amide bonds. The Bertz CT molecular complexity index is 274. The topological polar surface area (TPSA) is 0 Å². The Morgan fingerprint density at radius 2 is 1.42 bits per heavy atom. The molecule has 12 heavy (non-hydrogen) atoms. The zero-order valence-electron chi connectivity index (χ0n) is 8.16. The van der Waals surface area contributed by atoms with Crippen LogP contribution in [0.2, 0.25) is 0 Å². The molecule has 0 saturated heterocycles. The number of alkyl halides is 1. The number of halogens is 1. The predicted octanol–water partition coefficient (Wildman–Crippen LogP) is 3.39. The zero-order chi connectivity index (χ0) is 9.30. The van der Waals surface area contributed by atoms with E-state index in [2.05, 4.69) is 6.07 Å². The van der Waals surface area contributed by atoms with E-state index in [1.54, 1.807) is 0 Å². The summed E-state index contributed by atoms with van der Waals surface area (Å²) in [6.45, 7) is 7.68. The Labute approximate surface area is 73.4 Å². The summed E-state index contributed by atoms with van der Waals surface area (Å²) >= 11 is 0. The van der Waals surface area contributed by atoms with Crippen LogP contribution in [-0.2, 0) is 6.67 Å². The van der Waals surface area contributed by atoms with E-state index in [0.29, 0.717) is 0 Å². The van der Waals surface area contributed by atoms with Gasteiger partial charge in [0.05, 0.1) is 0 Å². The molecular formula is C11H15F. The van der Waals surface area contributed by atoms with Crippen molar-refractivity contribution in [2.45, 2.75) is 34.4 Å². The third kappa shape index (κ3) is 1.36. The average Bonchev–Trinajstić information content (AvgIpc) is 2.02. The van der Waals surface area contributed by atoms with E-state index in [1.807, 2.05) is 27.7 Å². The molecule has 0 spiro atoms. The lowest BCUT2D eigenvalue weighted by Crippen LogP contribution is -1.96. The van der Waals surface area contributed by atoms with E-state index >= 15 is 0 Å². The van der Waals surface area contributed by atoms with Crippen molar-refractivity contribution in [3.63, 3.8) is 0 Å². The molecule has 1 aromatic carbocycles. The Hall–Kier alpha value is -0.850. The molecule has 0 aliphatic carbocycles. The van der Waals surface area contributed by atoms with E-state index in [1.165, 1.54) is 11.1 Å². The molecule has 0 aromatic heterocycles. The lowest BCUT2D eigenvalue weighted by molar-refractivity contribution is 0.481. The maximum Gasteiger partial charge on any atom is 0.115 e. The molecule has 0 fully saturated rings. The summed E-state index contributed by atoms with van der Waals surface area (Å²) in [5.41, 5.74) is 5.44.